The Morgan fingerprint density at radius 3 is 2.20 bits per heavy atom. The zero-order valence-corrected chi connectivity index (χ0v) is 15.9. The Bertz CT molecular complexity index is 560. The van der Waals surface area contributed by atoms with E-state index in [2.05, 4.69) is 19.2 Å². The van der Waals surface area contributed by atoms with Crippen LogP contribution in [-0.4, -0.2) is 37.4 Å². The Hall–Kier alpha value is -2.24. The molecular formula is C19H29NO5. The maximum absolute atomic E-state index is 11.9. The number of methoxy groups -OCH3 is 1. The standard InChI is InChI=1S/C19H29NO5/c1-13(2)12-24-15-9-7-14(8-10-15)11-16(17(21)23-6)20-18(22)25-19(3,4)5/h7-10,13,16H,11-12H2,1-6H3,(H,20,22). The first kappa shape index (κ1) is 20.8. The highest BCUT2D eigenvalue weighted by molar-refractivity contribution is 5.81. The summed E-state index contributed by atoms with van der Waals surface area (Å²) in [4.78, 5) is 23.9. The van der Waals surface area contributed by atoms with E-state index in [9.17, 15) is 9.59 Å². The van der Waals surface area contributed by atoms with Gasteiger partial charge in [-0.2, -0.15) is 0 Å². The lowest BCUT2D eigenvalue weighted by atomic mass is 10.1. The second kappa shape index (κ2) is 9.30. The van der Waals surface area contributed by atoms with Crippen molar-refractivity contribution in [2.24, 2.45) is 5.92 Å². The molecule has 1 aromatic rings. The van der Waals surface area contributed by atoms with Crippen LogP contribution in [0.15, 0.2) is 24.3 Å². The summed E-state index contributed by atoms with van der Waals surface area (Å²) in [7, 11) is 1.29. The van der Waals surface area contributed by atoms with E-state index < -0.39 is 23.7 Å². The van der Waals surface area contributed by atoms with Crippen LogP contribution < -0.4 is 10.1 Å². The number of benzene rings is 1. The minimum Gasteiger partial charge on any atom is -0.493 e. The van der Waals surface area contributed by atoms with E-state index in [0.29, 0.717) is 18.9 Å². The molecule has 0 fully saturated rings. The van der Waals surface area contributed by atoms with Gasteiger partial charge in [-0.15, -0.1) is 0 Å². The normalized spacial score (nSPS) is 12.4. The van der Waals surface area contributed by atoms with Crippen LogP contribution in [0.25, 0.3) is 0 Å². The minimum absolute atomic E-state index is 0.302. The molecule has 1 N–H and O–H groups in total. The Morgan fingerprint density at radius 2 is 1.72 bits per heavy atom. The van der Waals surface area contributed by atoms with Crippen LogP contribution >= 0.6 is 0 Å². The minimum atomic E-state index is -0.817. The molecule has 6 nitrogen and oxygen atoms in total. The Morgan fingerprint density at radius 1 is 1.12 bits per heavy atom. The monoisotopic (exact) mass is 351 g/mol. The fourth-order valence-corrected chi connectivity index (χ4v) is 2.01. The maximum atomic E-state index is 11.9. The number of nitrogens with one attached hydrogen (secondary N) is 1. The number of alkyl carbamates (subject to hydrolysis) is 1. The molecule has 0 saturated carbocycles. The molecule has 0 bridgehead atoms. The highest BCUT2D eigenvalue weighted by Gasteiger charge is 2.25. The SMILES string of the molecule is COC(=O)C(Cc1ccc(OCC(C)C)cc1)NC(=O)OC(C)(C)C. The number of carbonyl (C=O) groups excluding carboxylic acids is 2. The van der Waals surface area contributed by atoms with Gasteiger partial charge in [0.05, 0.1) is 13.7 Å². The topological polar surface area (TPSA) is 73.9 Å². The molecule has 6 heteroatoms. The fourth-order valence-electron chi connectivity index (χ4n) is 2.01. The van der Waals surface area contributed by atoms with Crippen molar-refractivity contribution in [3.05, 3.63) is 29.8 Å². The largest absolute Gasteiger partial charge is 0.493 e. The molecule has 1 atom stereocenters. The van der Waals surface area contributed by atoms with Gasteiger partial charge in [0.1, 0.15) is 17.4 Å². The molecule has 140 valence electrons. The Labute approximate surface area is 149 Å². The first-order chi connectivity index (χ1) is 11.6. The van der Waals surface area contributed by atoms with E-state index in [0.717, 1.165) is 11.3 Å². The molecule has 25 heavy (non-hydrogen) atoms. The number of rotatable bonds is 7. The van der Waals surface area contributed by atoms with E-state index >= 15 is 0 Å². The van der Waals surface area contributed by atoms with Crippen molar-refractivity contribution >= 4 is 12.1 Å². The van der Waals surface area contributed by atoms with Crippen molar-refractivity contribution in [1.82, 2.24) is 5.32 Å². The highest BCUT2D eigenvalue weighted by atomic mass is 16.6. The van der Waals surface area contributed by atoms with Crippen molar-refractivity contribution in [2.45, 2.75) is 52.7 Å². The van der Waals surface area contributed by atoms with Crippen LogP contribution in [0.5, 0.6) is 5.75 Å². The summed E-state index contributed by atoms with van der Waals surface area (Å²) < 4.78 is 15.6. The van der Waals surface area contributed by atoms with Crippen molar-refractivity contribution in [1.29, 1.82) is 0 Å². The van der Waals surface area contributed by atoms with E-state index in [1.54, 1.807) is 20.8 Å². The van der Waals surface area contributed by atoms with Gasteiger partial charge in [0.15, 0.2) is 0 Å². The smallest absolute Gasteiger partial charge is 0.408 e. The number of carbonyl (C=O) groups is 2. The van der Waals surface area contributed by atoms with Crippen LogP contribution in [0, 0.1) is 5.92 Å². The molecule has 0 aliphatic rings. The van der Waals surface area contributed by atoms with Crippen LogP contribution in [0.4, 0.5) is 4.79 Å². The van der Waals surface area contributed by atoms with Crippen molar-refractivity contribution in [3.63, 3.8) is 0 Å². The third-order valence-corrected chi connectivity index (χ3v) is 3.12. The lowest BCUT2D eigenvalue weighted by Crippen LogP contribution is -2.45. The zero-order chi connectivity index (χ0) is 19.0. The van der Waals surface area contributed by atoms with Gasteiger partial charge in [-0.05, 0) is 44.4 Å². The number of ether oxygens (including phenoxy) is 3. The first-order valence-electron chi connectivity index (χ1n) is 8.40. The van der Waals surface area contributed by atoms with Gasteiger partial charge in [-0.25, -0.2) is 9.59 Å². The lowest BCUT2D eigenvalue weighted by Gasteiger charge is -2.22. The molecule has 1 unspecified atom stereocenters. The number of amides is 1. The predicted octanol–water partition coefficient (Wildman–Crippen LogP) is 3.33. The summed E-state index contributed by atoms with van der Waals surface area (Å²) in [6.07, 6.45) is -0.351. The van der Waals surface area contributed by atoms with E-state index in [1.165, 1.54) is 7.11 Å². The molecule has 0 spiro atoms. The third kappa shape index (κ3) is 8.42. The summed E-state index contributed by atoms with van der Waals surface area (Å²) in [6.45, 7) is 10.1. The molecule has 0 radical (unpaired) electrons. The lowest BCUT2D eigenvalue weighted by molar-refractivity contribution is -0.143. The van der Waals surface area contributed by atoms with Gasteiger partial charge in [0.25, 0.3) is 0 Å². The summed E-state index contributed by atoms with van der Waals surface area (Å²) in [5.41, 5.74) is 0.239. The van der Waals surface area contributed by atoms with Crippen molar-refractivity contribution in [3.8, 4) is 5.75 Å². The zero-order valence-electron chi connectivity index (χ0n) is 15.9. The van der Waals surface area contributed by atoms with Crippen molar-refractivity contribution in [2.75, 3.05) is 13.7 Å². The van der Waals surface area contributed by atoms with Crippen LogP contribution in [0.3, 0.4) is 0 Å². The fraction of sp³-hybridized carbons (Fsp3) is 0.579. The molecule has 0 aromatic heterocycles. The van der Waals surface area contributed by atoms with Gasteiger partial charge < -0.3 is 19.5 Å². The second-order valence-electron chi connectivity index (χ2n) is 7.27. The number of hydrogen-bond acceptors (Lipinski definition) is 5. The second-order valence-corrected chi connectivity index (χ2v) is 7.27. The average molecular weight is 351 g/mol. The van der Waals surface area contributed by atoms with E-state index in [1.807, 2.05) is 24.3 Å². The van der Waals surface area contributed by atoms with Crippen LogP contribution in [0.2, 0.25) is 0 Å². The van der Waals surface area contributed by atoms with Gasteiger partial charge in [0.2, 0.25) is 0 Å². The Balaban J connectivity index is 2.71. The van der Waals surface area contributed by atoms with Crippen LogP contribution in [0.1, 0.15) is 40.2 Å². The van der Waals surface area contributed by atoms with E-state index in [-0.39, 0.29) is 0 Å². The molecule has 1 aromatic carbocycles. The van der Waals surface area contributed by atoms with Crippen molar-refractivity contribution < 1.29 is 23.8 Å². The highest BCUT2D eigenvalue weighted by Crippen LogP contribution is 2.15. The summed E-state index contributed by atoms with van der Waals surface area (Å²) in [5.74, 6) is 0.694. The summed E-state index contributed by atoms with van der Waals surface area (Å²) in [5, 5.41) is 2.56. The first-order valence-corrected chi connectivity index (χ1v) is 8.40. The number of esters is 1. The molecule has 0 aliphatic carbocycles. The predicted molar refractivity (Wildman–Crippen MR) is 95.7 cm³/mol. The van der Waals surface area contributed by atoms with Crippen LogP contribution in [-0.2, 0) is 20.7 Å². The van der Waals surface area contributed by atoms with Gasteiger partial charge in [-0.1, -0.05) is 26.0 Å². The maximum Gasteiger partial charge on any atom is 0.408 e. The average Bonchev–Trinajstić information content (AvgIpc) is 2.51. The molecular weight excluding hydrogens is 322 g/mol. The third-order valence-electron chi connectivity index (χ3n) is 3.12. The molecule has 0 saturated heterocycles. The molecule has 0 aliphatic heterocycles. The summed E-state index contributed by atoms with van der Waals surface area (Å²) >= 11 is 0. The Kier molecular flexibility index (Phi) is 7.74. The quantitative estimate of drug-likeness (QED) is 0.763. The van der Waals surface area contributed by atoms with Gasteiger partial charge in [0, 0.05) is 6.42 Å². The van der Waals surface area contributed by atoms with Gasteiger partial charge >= 0.3 is 12.1 Å². The molecule has 1 rings (SSSR count). The van der Waals surface area contributed by atoms with Gasteiger partial charge in [-0.3, -0.25) is 0 Å². The number of hydrogen-bond donors (Lipinski definition) is 1. The van der Waals surface area contributed by atoms with E-state index in [4.69, 9.17) is 14.2 Å². The molecule has 1 amide bonds. The summed E-state index contributed by atoms with van der Waals surface area (Å²) in [6, 6.07) is 6.60. The molecule has 0 heterocycles.